The van der Waals surface area contributed by atoms with E-state index in [2.05, 4.69) is 59.1 Å². The molecule has 1 unspecified atom stereocenters. The van der Waals surface area contributed by atoms with E-state index in [4.69, 9.17) is 0 Å². The molecule has 2 N–H and O–H groups in total. The molecule has 3 saturated heterocycles. The minimum Gasteiger partial charge on any atom is -0.371 e. The van der Waals surface area contributed by atoms with Gasteiger partial charge in [-0.25, -0.2) is 0 Å². The maximum atomic E-state index is 14.0. The van der Waals surface area contributed by atoms with Gasteiger partial charge in [0, 0.05) is 108 Å². The highest BCUT2D eigenvalue weighted by Crippen LogP contribution is 2.46. The van der Waals surface area contributed by atoms with Crippen molar-refractivity contribution in [3.63, 3.8) is 0 Å². The molecule has 3 fully saturated rings. The molecule has 4 aromatic rings. The number of carbonyl (C=O) groups excluding carboxylic acids is 5. The first-order valence-electron chi connectivity index (χ1n) is 21.0. The largest absolute Gasteiger partial charge is 0.371 e. The van der Waals surface area contributed by atoms with Gasteiger partial charge in [0.1, 0.15) is 6.04 Å². The second-order valence-electron chi connectivity index (χ2n) is 17.0. The molecule has 5 heterocycles. The van der Waals surface area contributed by atoms with Crippen molar-refractivity contribution < 1.29 is 24.0 Å². The van der Waals surface area contributed by atoms with E-state index in [0.717, 1.165) is 114 Å². The van der Waals surface area contributed by atoms with Gasteiger partial charge in [0.2, 0.25) is 17.7 Å². The number of nitrogens with zero attached hydrogens (tertiary/aromatic N) is 4. The first kappa shape index (κ1) is 38.6. The van der Waals surface area contributed by atoms with Gasteiger partial charge in [-0.05, 0) is 84.9 Å². The topological polar surface area (TPSA) is 126 Å². The Kier molecular flexibility index (Phi) is 10.2. The number of hydrogen-bond acceptors (Lipinski definition) is 8. The van der Waals surface area contributed by atoms with Crippen LogP contribution in [0.3, 0.4) is 0 Å². The van der Waals surface area contributed by atoms with Crippen molar-refractivity contribution in [2.45, 2.75) is 94.7 Å². The maximum absolute atomic E-state index is 14.0. The summed E-state index contributed by atoms with van der Waals surface area (Å²) in [5, 5.41) is 3.37. The highest BCUT2D eigenvalue weighted by atomic mass is 32.2. The van der Waals surface area contributed by atoms with Crippen LogP contribution in [0.15, 0.2) is 59.5 Å². The quantitative estimate of drug-likeness (QED) is 0.119. The molecule has 9 rings (SSSR count). The minimum absolute atomic E-state index is 0.119. The van der Waals surface area contributed by atoms with Gasteiger partial charge in [0.15, 0.2) is 5.78 Å². The van der Waals surface area contributed by atoms with Crippen LogP contribution >= 0.6 is 11.8 Å². The number of aryl methyl sites for hydroxylation is 1. The molecule has 0 bridgehead atoms. The Bertz CT molecular complexity index is 2340. The van der Waals surface area contributed by atoms with Crippen LogP contribution < -0.4 is 10.2 Å². The molecule has 4 aliphatic heterocycles. The van der Waals surface area contributed by atoms with Crippen LogP contribution in [0, 0.1) is 0 Å². The fourth-order valence-electron chi connectivity index (χ4n) is 10.1. The monoisotopic (exact) mass is 800 g/mol. The maximum Gasteiger partial charge on any atom is 0.255 e. The van der Waals surface area contributed by atoms with Gasteiger partial charge < -0.3 is 19.7 Å². The second kappa shape index (κ2) is 15.3. The third-order valence-electron chi connectivity index (χ3n) is 13.4. The number of nitrogens with one attached hydrogen (secondary N) is 2. The van der Waals surface area contributed by atoms with Gasteiger partial charge in [-0.15, -0.1) is 11.8 Å². The summed E-state index contributed by atoms with van der Waals surface area (Å²) in [7, 11) is 0. The average Bonchev–Trinajstić information content (AvgIpc) is 3.80. The summed E-state index contributed by atoms with van der Waals surface area (Å²) in [6, 6.07) is 18.2. The van der Waals surface area contributed by atoms with E-state index in [1.807, 2.05) is 41.3 Å². The van der Waals surface area contributed by atoms with Gasteiger partial charge in [-0.3, -0.25) is 34.2 Å². The Morgan fingerprint density at radius 2 is 1.67 bits per heavy atom. The Hall–Kier alpha value is -4.94. The van der Waals surface area contributed by atoms with Crippen molar-refractivity contribution in [1.82, 2.24) is 25.0 Å². The van der Waals surface area contributed by atoms with Gasteiger partial charge >= 0.3 is 0 Å². The van der Waals surface area contributed by atoms with Crippen molar-refractivity contribution in [1.29, 1.82) is 0 Å². The van der Waals surface area contributed by atoms with Crippen molar-refractivity contribution in [2.24, 2.45) is 0 Å². The number of piperidine rings is 2. The van der Waals surface area contributed by atoms with Gasteiger partial charge in [-0.1, -0.05) is 45.0 Å². The van der Waals surface area contributed by atoms with E-state index >= 15 is 0 Å². The highest BCUT2D eigenvalue weighted by molar-refractivity contribution is 7.99. The number of imide groups is 1. The van der Waals surface area contributed by atoms with Crippen molar-refractivity contribution in [2.75, 3.05) is 49.9 Å². The van der Waals surface area contributed by atoms with E-state index in [-0.39, 0.29) is 35.3 Å². The normalized spacial score (nSPS) is 21.0. The number of amides is 4. The van der Waals surface area contributed by atoms with Crippen molar-refractivity contribution >= 4 is 57.8 Å². The Morgan fingerprint density at radius 1 is 0.897 bits per heavy atom. The number of fused-ring (bicyclic) bond motifs is 5. The van der Waals surface area contributed by atoms with Crippen LogP contribution in [0.25, 0.3) is 10.9 Å². The lowest BCUT2D eigenvalue weighted by molar-refractivity contribution is -0.137. The highest BCUT2D eigenvalue weighted by Gasteiger charge is 2.42. The summed E-state index contributed by atoms with van der Waals surface area (Å²) in [5.41, 5.74) is 8.46. The molecule has 0 radical (unpaired) electrons. The van der Waals surface area contributed by atoms with Crippen molar-refractivity contribution in [3.05, 3.63) is 93.7 Å². The summed E-state index contributed by atoms with van der Waals surface area (Å²) in [4.78, 5) is 78.0. The van der Waals surface area contributed by atoms with E-state index in [1.165, 1.54) is 11.3 Å². The van der Waals surface area contributed by atoms with E-state index in [1.54, 1.807) is 16.7 Å². The SMILES string of the molecule is CCc1cc2c(cc1N1CCC(N3CCN(C(=O)CCCSc4cccc5c4CN(C4CCC(=O)NC4=O)C5=O)CC3)CC1)C(C)(C)c1[nH]c3ccccc3c1C2=O. The molecule has 0 saturated carbocycles. The lowest BCUT2D eigenvalue weighted by atomic mass is 9.70. The number of ketones is 1. The summed E-state index contributed by atoms with van der Waals surface area (Å²) in [5.74, 6) is 0.216. The van der Waals surface area contributed by atoms with Gasteiger partial charge in [0.05, 0.1) is 5.56 Å². The molecule has 5 aliphatic rings. The molecule has 12 heteroatoms. The molecule has 302 valence electrons. The summed E-state index contributed by atoms with van der Waals surface area (Å²) < 4.78 is 0. The molecule has 11 nitrogen and oxygen atoms in total. The number of carbonyl (C=O) groups is 5. The van der Waals surface area contributed by atoms with Crippen LogP contribution in [-0.2, 0) is 32.8 Å². The summed E-state index contributed by atoms with van der Waals surface area (Å²) in [6.07, 6.45) is 4.82. The van der Waals surface area contributed by atoms with Gasteiger partial charge in [-0.2, -0.15) is 0 Å². The molecular formula is C46H52N6O5S. The minimum atomic E-state index is -0.631. The summed E-state index contributed by atoms with van der Waals surface area (Å²) in [6.45, 7) is 12.2. The van der Waals surface area contributed by atoms with Crippen molar-refractivity contribution in [3.8, 4) is 0 Å². The zero-order valence-electron chi connectivity index (χ0n) is 33.7. The van der Waals surface area contributed by atoms with Crippen LogP contribution in [0.2, 0.25) is 0 Å². The number of benzene rings is 3. The molecule has 3 aromatic carbocycles. The summed E-state index contributed by atoms with van der Waals surface area (Å²) >= 11 is 1.66. The van der Waals surface area contributed by atoms with E-state index < -0.39 is 11.9 Å². The Balaban J connectivity index is 0.759. The second-order valence-corrected chi connectivity index (χ2v) is 18.2. The number of anilines is 1. The molecule has 4 amide bonds. The Labute approximate surface area is 343 Å². The smallest absolute Gasteiger partial charge is 0.255 e. The van der Waals surface area contributed by atoms with E-state index in [0.29, 0.717) is 31.0 Å². The fraction of sp³-hybridized carbons (Fsp3) is 0.457. The lowest BCUT2D eigenvalue weighted by Crippen LogP contribution is -2.54. The number of rotatable bonds is 9. The van der Waals surface area contributed by atoms with Crippen LogP contribution in [0.5, 0.6) is 0 Å². The number of aromatic amines is 1. The molecular weight excluding hydrogens is 749 g/mol. The zero-order chi connectivity index (χ0) is 40.3. The number of thioether (sulfide) groups is 1. The predicted octanol–water partition coefficient (Wildman–Crippen LogP) is 6.05. The molecule has 58 heavy (non-hydrogen) atoms. The molecule has 1 aliphatic carbocycles. The van der Waals surface area contributed by atoms with Crippen LogP contribution in [0.1, 0.15) is 108 Å². The molecule has 1 aromatic heterocycles. The Morgan fingerprint density at radius 3 is 2.43 bits per heavy atom. The third kappa shape index (κ3) is 6.71. The fourth-order valence-corrected chi connectivity index (χ4v) is 11.1. The van der Waals surface area contributed by atoms with E-state index in [9.17, 15) is 24.0 Å². The first-order valence-corrected chi connectivity index (χ1v) is 22.0. The average molecular weight is 801 g/mol. The third-order valence-corrected chi connectivity index (χ3v) is 14.6. The first-order chi connectivity index (χ1) is 28.0. The number of hydrogen-bond donors (Lipinski definition) is 2. The lowest BCUT2D eigenvalue weighted by Gasteiger charge is -2.44. The standard InChI is InChI=1S/C46H52N6O5S/c1-4-28-25-32-34(46(2,3)43-41(42(32)55)31-9-5-6-11-35(31)47-43)26-37(28)50-18-16-29(17-19-50)49-20-22-51(23-21-49)40(54)13-8-24-58-38-12-7-10-30-33(38)27-52(45(30)57)36-14-15-39(53)48-44(36)56/h5-7,9-12,25-26,29,36,47H,4,8,13-24,27H2,1-3H3,(H,48,53,56). The van der Waals surface area contributed by atoms with Crippen LogP contribution in [0.4, 0.5) is 5.69 Å². The number of H-pyrrole nitrogens is 1. The van der Waals surface area contributed by atoms with Crippen LogP contribution in [-0.4, -0.2) is 106 Å². The number of piperazine rings is 1. The zero-order valence-corrected chi connectivity index (χ0v) is 34.5. The predicted molar refractivity (Wildman–Crippen MR) is 226 cm³/mol. The molecule has 0 spiro atoms. The number of aromatic nitrogens is 1. The van der Waals surface area contributed by atoms with Gasteiger partial charge in [0.25, 0.3) is 5.91 Å². The number of para-hydroxylation sites is 1. The molecule has 1 atom stereocenters.